The topological polar surface area (TPSA) is 85.4 Å². The molecule has 14 heteroatoms. The van der Waals surface area contributed by atoms with Crippen molar-refractivity contribution >= 4 is 87.8 Å². The van der Waals surface area contributed by atoms with Crippen LogP contribution in [0.1, 0.15) is 0 Å². The van der Waals surface area contributed by atoms with E-state index in [9.17, 15) is 14.4 Å². The molecular formula is C12H12Cl6N2O6. The summed E-state index contributed by atoms with van der Waals surface area (Å²) in [6.45, 7) is -1.38. The van der Waals surface area contributed by atoms with Gasteiger partial charge in [-0.15, -0.1) is 0 Å². The molecule has 1 aliphatic heterocycles. The number of rotatable bonds is 3. The van der Waals surface area contributed by atoms with Crippen LogP contribution in [0, 0.1) is 0 Å². The van der Waals surface area contributed by atoms with Crippen LogP contribution in [0.3, 0.4) is 0 Å². The Morgan fingerprint density at radius 2 is 1.50 bits per heavy atom. The standard InChI is InChI=1S/C12H12Cl6N2O6/c1-24-8(21)7-3-2-4-19(9(22)25-5-11(13,14)15)20(7)10(23)26-6-12(16,17)18/h2-3,7H,4-6H2,1H3/t7-/m0/s1. The van der Waals surface area contributed by atoms with E-state index in [0.29, 0.717) is 5.01 Å². The molecule has 26 heavy (non-hydrogen) atoms. The van der Waals surface area contributed by atoms with Gasteiger partial charge in [0.05, 0.1) is 13.7 Å². The predicted octanol–water partition coefficient (Wildman–Crippen LogP) is 3.63. The van der Waals surface area contributed by atoms with Gasteiger partial charge in [0.15, 0.2) is 6.04 Å². The summed E-state index contributed by atoms with van der Waals surface area (Å²) in [6.07, 6.45) is 0.500. The summed E-state index contributed by atoms with van der Waals surface area (Å²) in [4.78, 5) is 36.5. The highest BCUT2D eigenvalue weighted by atomic mass is 35.6. The maximum Gasteiger partial charge on any atom is 0.430 e. The second-order valence-electron chi connectivity index (χ2n) is 4.66. The molecule has 0 bridgehead atoms. The number of halogens is 6. The maximum absolute atomic E-state index is 12.4. The molecule has 0 saturated carbocycles. The first-order valence-electron chi connectivity index (χ1n) is 6.64. The lowest BCUT2D eigenvalue weighted by atomic mass is 10.2. The molecule has 0 aliphatic carbocycles. The molecule has 1 aliphatic rings. The third-order valence-electron chi connectivity index (χ3n) is 2.68. The van der Waals surface area contributed by atoms with Crippen LogP contribution in [0.5, 0.6) is 0 Å². The molecule has 0 aromatic heterocycles. The molecule has 0 fully saturated rings. The van der Waals surface area contributed by atoms with Crippen LogP contribution >= 0.6 is 69.6 Å². The van der Waals surface area contributed by atoms with Crippen molar-refractivity contribution in [3.05, 3.63) is 12.2 Å². The molecule has 148 valence electrons. The number of ether oxygens (including phenoxy) is 3. The van der Waals surface area contributed by atoms with Crippen LogP contribution in [-0.4, -0.2) is 68.7 Å². The van der Waals surface area contributed by atoms with Gasteiger partial charge in [-0.05, 0) is 0 Å². The van der Waals surface area contributed by atoms with Crippen LogP contribution in [0.2, 0.25) is 0 Å². The first kappa shape index (κ1) is 23.5. The predicted molar refractivity (Wildman–Crippen MR) is 96.8 cm³/mol. The molecule has 0 radical (unpaired) electrons. The van der Waals surface area contributed by atoms with E-state index in [1.54, 1.807) is 0 Å². The Balaban J connectivity index is 3.01. The number of alkyl halides is 6. The Morgan fingerprint density at radius 3 is 1.96 bits per heavy atom. The molecule has 0 unspecified atom stereocenters. The van der Waals surface area contributed by atoms with Gasteiger partial charge >= 0.3 is 18.2 Å². The maximum atomic E-state index is 12.4. The summed E-state index contributed by atoms with van der Waals surface area (Å²) in [7, 11) is 1.10. The average molecular weight is 493 g/mol. The van der Waals surface area contributed by atoms with Crippen molar-refractivity contribution in [1.29, 1.82) is 0 Å². The zero-order valence-corrected chi connectivity index (χ0v) is 17.5. The number of carbonyl (C=O) groups is 3. The molecule has 1 rings (SSSR count). The summed E-state index contributed by atoms with van der Waals surface area (Å²) in [5, 5.41) is 1.39. The Morgan fingerprint density at radius 1 is 1.00 bits per heavy atom. The van der Waals surface area contributed by atoms with Gasteiger partial charge in [0.25, 0.3) is 0 Å². The minimum Gasteiger partial charge on any atom is -0.467 e. The minimum atomic E-state index is -1.90. The van der Waals surface area contributed by atoms with Crippen molar-refractivity contribution in [2.24, 2.45) is 0 Å². The van der Waals surface area contributed by atoms with Crippen molar-refractivity contribution in [3.63, 3.8) is 0 Å². The fourth-order valence-corrected chi connectivity index (χ4v) is 2.04. The van der Waals surface area contributed by atoms with Crippen LogP contribution in [0.15, 0.2) is 12.2 Å². The molecule has 0 aromatic carbocycles. The molecule has 0 N–H and O–H groups in total. The van der Waals surface area contributed by atoms with E-state index in [1.165, 1.54) is 12.2 Å². The molecular weight excluding hydrogens is 481 g/mol. The van der Waals surface area contributed by atoms with Crippen LogP contribution in [0.25, 0.3) is 0 Å². The SMILES string of the molecule is COC(=O)[C@@H]1C=CCN(C(=O)OCC(Cl)(Cl)Cl)N1C(=O)OCC(Cl)(Cl)Cl. The molecule has 8 nitrogen and oxygen atoms in total. The second kappa shape index (κ2) is 9.61. The average Bonchev–Trinajstić information content (AvgIpc) is 2.54. The normalized spacial score (nSPS) is 17.7. The van der Waals surface area contributed by atoms with Gasteiger partial charge in [-0.2, -0.15) is 5.01 Å². The summed E-state index contributed by atoms with van der Waals surface area (Å²) < 4.78 is 10.5. The van der Waals surface area contributed by atoms with Crippen molar-refractivity contribution < 1.29 is 28.6 Å². The minimum absolute atomic E-state index is 0.144. The summed E-state index contributed by atoms with van der Waals surface area (Å²) in [6, 6.07) is -1.32. The van der Waals surface area contributed by atoms with Gasteiger partial charge in [-0.1, -0.05) is 81.8 Å². The number of hydrazine groups is 1. The summed E-state index contributed by atoms with van der Waals surface area (Å²) >= 11 is 33.1. The van der Waals surface area contributed by atoms with E-state index in [4.69, 9.17) is 79.1 Å². The van der Waals surface area contributed by atoms with E-state index in [-0.39, 0.29) is 6.54 Å². The van der Waals surface area contributed by atoms with Crippen molar-refractivity contribution in [2.45, 2.75) is 13.6 Å². The molecule has 0 aromatic rings. The first-order chi connectivity index (χ1) is 11.9. The highest BCUT2D eigenvalue weighted by Gasteiger charge is 2.41. The zero-order chi connectivity index (χ0) is 20.1. The van der Waals surface area contributed by atoms with E-state index in [1.807, 2.05) is 0 Å². The molecule has 0 saturated heterocycles. The number of nitrogens with zero attached hydrogens (tertiary/aromatic N) is 2. The third-order valence-corrected chi connectivity index (χ3v) is 3.33. The fourth-order valence-electron chi connectivity index (χ4n) is 1.71. The number of carbonyl (C=O) groups excluding carboxylic acids is 3. The Hall–Kier alpha value is -0.510. The number of amides is 2. The second-order valence-corrected chi connectivity index (χ2v) is 9.69. The van der Waals surface area contributed by atoms with E-state index in [0.717, 1.165) is 12.1 Å². The van der Waals surface area contributed by atoms with Crippen LogP contribution in [0.4, 0.5) is 9.59 Å². The number of hydrogen-bond donors (Lipinski definition) is 0. The van der Waals surface area contributed by atoms with Crippen LogP contribution < -0.4 is 0 Å². The summed E-state index contributed by atoms with van der Waals surface area (Å²) in [5.41, 5.74) is 0. The Labute approximate surface area is 178 Å². The smallest absolute Gasteiger partial charge is 0.430 e. The number of esters is 1. The van der Waals surface area contributed by atoms with Gasteiger partial charge in [0, 0.05) is 0 Å². The van der Waals surface area contributed by atoms with E-state index in [2.05, 4.69) is 4.74 Å². The lowest BCUT2D eigenvalue weighted by Gasteiger charge is -2.38. The van der Waals surface area contributed by atoms with Crippen molar-refractivity contribution in [1.82, 2.24) is 10.0 Å². The highest BCUT2D eigenvalue weighted by molar-refractivity contribution is 6.68. The molecule has 2 amide bonds. The first-order valence-corrected chi connectivity index (χ1v) is 8.90. The van der Waals surface area contributed by atoms with Gasteiger partial charge < -0.3 is 14.2 Å². The van der Waals surface area contributed by atoms with Crippen molar-refractivity contribution in [2.75, 3.05) is 26.9 Å². The lowest BCUT2D eigenvalue weighted by molar-refractivity contribution is -0.150. The zero-order valence-electron chi connectivity index (χ0n) is 13.0. The number of hydrogen-bond acceptors (Lipinski definition) is 6. The largest absolute Gasteiger partial charge is 0.467 e. The van der Waals surface area contributed by atoms with Crippen LogP contribution in [-0.2, 0) is 19.0 Å². The fraction of sp³-hybridized carbons (Fsp3) is 0.583. The molecule has 0 spiro atoms. The number of methoxy groups -OCH3 is 1. The monoisotopic (exact) mass is 490 g/mol. The highest BCUT2D eigenvalue weighted by Crippen LogP contribution is 2.28. The van der Waals surface area contributed by atoms with E-state index >= 15 is 0 Å². The Kier molecular flexibility index (Phi) is 8.70. The van der Waals surface area contributed by atoms with Gasteiger partial charge in [-0.25, -0.2) is 19.4 Å². The van der Waals surface area contributed by atoms with Crippen molar-refractivity contribution in [3.8, 4) is 0 Å². The lowest BCUT2D eigenvalue weighted by Crippen LogP contribution is -2.59. The quantitative estimate of drug-likeness (QED) is 0.259. The Bertz CT molecular complexity index is 576. The molecule has 1 heterocycles. The van der Waals surface area contributed by atoms with Gasteiger partial charge in [0.2, 0.25) is 7.59 Å². The van der Waals surface area contributed by atoms with E-state index < -0.39 is 45.0 Å². The summed E-state index contributed by atoms with van der Waals surface area (Å²) in [5.74, 6) is -0.856. The van der Waals surface area contributed by atoms with Gasteiger partial charge in [0.1, 0.15) is 13.2 Å². The molecule has 1 atom stereocenters. The van der Waals surface area contributed by atoms with Gasteiger partial charge in [-0.3, -0.25) is 0 Å². The third kappa shape index (κ3) is 7.62.